The third kappa shape index (κ3) is 8.20. The lowest BCUT2D eigenvalue weighted by Gasteiger charge is -2.52. The summed E-state index contributed by atoms with van der Waals surface area (Å²) in [5, 5.41) is 12.0. The number of aliphatic hydroxyl groups excluding tert-OH is 1. The number of hydrogen-bond acceptors (Lipinski definition) is 6. The zero-order chi connectivity index (χ0) is 32.4. The maximum atomic E-state index is 12.0. The van der Waals surface area contributed by atoms with E-state index in [1.807, 2.05) is 13.8 Å². The predicted molar refractivity (Wildman–Crippen MR) is 180 cm³/mol. The Labute approximate surface area is 261 Å². The first-order valence-corrected chi connectivity index (χ1v) is 21.1. The third-order valence-electron chi connectivity index (χ3n) is 10.5. The highest BCUT2D eigenvalue weighted by Gasteiger charge is 2.53. The first-order valence-electron chi connectivity index (χ1n) is 16.9. The highest BCUT2D eigenvalue weighted by Crippen LogP contribution is 2.47. The van der Waals surface area contributed by atoms with Gasteiger partial charge in [-0.3, -0.25) is 0 Å². The molecule has 0 saturated carbocycles. The molecule has 0 spiro atoms. The van der Waals surface area contributed by atoms with E-state index < -0.39 is 34.6 Å². The van der Waals surface area contributed by atoms with Crippen LogP contribution in [0, 0.1) is 5.92 Å². The maximum Gasteiger partial charge on any atom is 0.200 e. The molecular weight excluding hydrogens is 561 g/mol. The smallest absolute Gasteiger partial charge is 0.200 e. The van der Waals surface area contributed by atoms with E-state index in [-0.39, 0.29) is 24.2 Å². The summed E-state index contributed by atoms with van der Waals surface area (Å²) in [7, 11) is -4.36. The van der Waals surface area contributed by atoms with Crippen LogP contribution < -0.4 is 0 Å². The number of ether oxygens (including phenoxy) is 3. The summed E-state index contributed by atoms with van der Waals surface area (Å²) in [6.45, 7) is 39.3. The molecule has 6 nitrogen and oxygen atoms in total. The van der Waals surface area contributed by atoms with E-state index in [2.05, 4.69) is 96.6 Å². The first-order chi connectivity index (χ1) is 19.2. The summed E-state index contributed by atoms with van der Waals surface area (Å²) in [6, 6.07) is 0. The van der Waals surface area contributed by atoms with Gasteiger partial charge in [0.1, 0.15) is 6.10 Å². The normalized spacial score (nSPS) is 29.2. The van der Waals surface area contributed by atoms with E-state index in [1.165, 1.54) is 0 Å². The van der Waals surface area contributed by atoms with Gasteiger partial charge in [0.2, 0.25) is 8.32 Å². The molecule has 2 fully saturated rings. The van der Waals surface area contributed by atoms with Gasteiger partial charge >= 0.3 is 0 Å². The Morgan fingerprint density at radius 3 is 1.69 bits per heavy atom. The summed E-state index contributed by atoms with van der Waals surface area (Å²) in [5.74, 6) is -0.570. The van der Waals surface area contributed by atoms with Crippen LogP contribution in [0.4, 0.5) is 0 Å². The van der Waals surface area contributed by atoms with Gasteiger partial charge in [-0.25, -0.2) is 0 Å². The monoisotopic (exact) mass is 628 g/mol. The molecule has 2 aliphatic rings. The van der Waals surface area contributed by atoms with Crippen LogP contribution in [0.1, 0.15) is 117 Å². The van der Waals surface area contributed by atoms with Crippen LogP contribution in [-0.4, -0.2) is 71.3 Å². The van der Waals surface area contributed by atoms with Gasteiger partial charge in [0, 0.05) is 5.92 Å². The summed E-state index contributed by atoms with van der Waals surface area (Å²) in [5.41, 5.74) is 3.76. The highest BCUT2D eigenvalue weighted by molar-refractivity contribution is 6.78. The Morgan fingerprint density at radius 1 is 0.810 bits per heavy atom. The van der Waals surface area contributed by atoms with Gasteiger partial charge in [0.25, 0.3) is 0 Å². The van der Waals surface area contributed by atoms with E-state index >= 15 is 0 Å². The van der Waals surface area contributed by atoms with Crippen molar-refractivity contribution in [2.45, 2.75) is 186 Å². The van der Waals surface area contributed by atoms with Gasteiger partial charge in [-0.05, 0) is 59.9 Å². The number of rotatable bonds is 15. The molecule has 0 aromatic rings. The molecule has 2 saturated heterocycles. The summed E-state index contributed by atoms with van der Waals surface area (Å²) in [6.07, 6.45) is -0.415. The fraction of sp³-hybridized carbons (Fsp3) is 0.941. The minimum Gasteiger partial charge on any atom is -0.413 e. The Kier molecular flexibility index (Phi) is 13.6. The standard InChI is InChI=1S/C34H68O6Si2/c1-21(2)41(22(3)4,23(5)6)37-20-31-28(14)33(40-42(24(7)8,25(9)10)26(11)12)32(35)30(38-31)18-27(13)17-29-19-36-34(15,16)39-29/h21-26,28-33,35H,13,17-20H2,1-12,14-16H3/t28-,29-,30+,31-,32+,33+/m0/s1. The average Bonchev–Trinajstić information content (AvgIpc) is 3.18. The van der Waals surface area contributed by atoms with Crippen molar-refractivity contribution in [3.8, 4) is 0 Å². The summed E-state index contributed by atoms with van der Waals surface area (Å²) in [4.78, 5) is 0. The van der Waals surface area contributed by atoms with Crippen LogP contribution in [0.25, 0.3) is 0 Å². The molecule has 8 heteroatoms. The van der Waals surface area contributed by atoms with Crippen LogP contribution in [-0.2, 0) is 23.1 Å². The predicted octanol–water partition coefficient (Wildman–Crippen LogP) is 8.99. The summed E-state index contributed by atoms with van der Waals surface area (Å²) < 4.78 is 33.1. The molecule has 42 heavy (non-hydrogen) atoms. The lowest BCUT2D eigenvalue weighted by molar-refractivity contribution is -0.199. The Morgan fingerprint density at radius 2 is 1.29 bits per heavy atom. The molecule has 0 aromatic carbocycles. The van der Waals surface area contributed by atoms with Crippen molar-refractivity contribution < 1.29 is 28.2 Å². The second-order valence-electron chi connectivity index (χ2n) is 15.7. The van der Waals surface area contributed by atoms with Crippen molar-refractivity contribution >= 4 is 16.6 Å². The maximum absolute atomic E-state index is 12.0. The molecule has 248 valence electrons. The van der Waals surface area contributed by atoms with Crippen molar-refractivity contribution in [2.75, 3.05) is 13.2 Å². The summed E-state index contributed by atoms with van der Waals surface area (Å²) >= 11 is 0. The SMILES string of the molecule is C=C(C[C@H]1COC(C)(C)O1)C[C@H]1O[C@@H](CO[Si](C(C)C)(C(C)C)C(C)C)[C@H](C)[C@@H](O[Si](C(C)C)(C(C)C)C(C)C)[C@@H]1O. The number of aliphatic hydroxyl groups is 1. The van der Waals surface area contributed by atoms with Crippen molar-refractivity contribution in [3.63, 3.8) is 0 Å². The zero-order valence-electron chi connectivity index (χ0n) is 30.0. The van der Waals surface area contributed by atoms with Gasteiger partial charge in [-0.2, -0.15) is 0 Å². The van der Waals surface area contributed by atoms with Crippen LogP contribution in [0.5, 0.6) is 0 Å². The van der Waals surface area contributed by atoms with Gasteiger partial charge in [-0.15, -0.1) is 0 Å². The molecule has 2 heterocycles. The second kappa shape index (κ2) is 15.0. The van der Waals surface area contributed by atoms with Crippen LogP contribution in [0.3, 0.4) is 0 Å². The van der Waals surface area contributed by atoms with Crippen LogP contribution in [0.15, 0.2) is 12.2 Å². The lowest BCUT2D eigenvalue weighted by atomic mass is 9.86. The second-order valence-corrected chi connectivity index (χ2v) is 26.6. The van der Waals surface area contributed by atoms with Crippen molar-refractivity contribution in [3.05, 3.63) is 12.2 Å². The van der Waals surface area contributed by atoms with Gasteiger partial charge < -0.3 is 28.2 Å². The highest BCUT2D eigenvalue weighted by atomic mass is 28.4. The molecule has 6 atom stereocenters. The van der Waals surface area contributed by atoms with Crippen molar-refractivity contribution in [1.82, 2.24) is 0 Å². The Hall–Kier alpha value is -0.0662. The zero-order valence-corrected chi connectivity index (χ0v) is 32.0. The van der Waals surface area contributed by atoms with E-state index in [0.717, 1.165) is 5.57 Å². The molecule has 0 unspecified atom stereocenters. The van der Waals surface area contributed by atoms with E-state index in [1.54, 1.807) is 0 Å². The molecule has 2 rings (SSSR count). The van der Waals surface area contributed by atoms with Crippen molar-refractivity contribution in [1.29, 1.82) is 0 Å². The quantitative estimate of drug-likeness (QED) is 0.144. The Bertz CT molecular complexity index is 811. The largest absolute Gasteiger partial charge is 0.413 e. The molecule has 0 bridgehead atoms. The molecule has 0 radical (unpaired) electrons. The fourth-order valence-corrected chi connectivity index (χ4v) is 19.7. The molecular formula is C34H68O6Si2. The number of hydrogen-bond donors (Lipinski definition) is 1. The molecule has 0 amide bonds. The van der Waals surface area contributed by atoms with Crippen LogP contribution in [0.2, 0.25) is 33.2 Å². The van der Waals surface area contributed by atoms with Crippen LogP contribution >= 0.6 is 0 Å². The van der Waals surface area contributed by atoms with Gasteiger partial charge in [-0.1, -0.05) is 102 Å². The average molecular weight is 629 g/mol. The van der Waals surface area contributed by atoms with E-state index in [4.69, 9.17) is 23.1 Å². The minimum absolute atomic E-state index is 0.00167. The lowest BCUT2D eigenvalue weighted by Crippen LogP contribution is -2.62. The third-order valence-corrected chi connectivity index (χ3v) is 22.7. The molecule has 0 aliphatic carbocycles. The minimum atomic E-state index is -2.26. The molecule has 1 N–H and O–H groups in total. The molecule has 2 aliphatic heterocycles. The van der Waals surface area contributed by atoms with E-state index in [9.17, 15) is 5.11 Å². The first kappa shape index (κ1) is 38.1. The van der Waals surface area contributed by atoms with Gasteiger partial charge in [0.05, 0.1) is 37.6 Å². The van der Waals surface area contributed by atoms with Gasteiger partial charge in [0.15, 0.2) is 14.1 Å². The fourth-order valence-electron chi connectivity index (χ4n) is 8.62. The van der Waals surface area contributed by atoms with Crippen molar-refractivity contribution in [2.24, 2.45) is 5.92 Å². The van der Waals surface area contributed by atoms with E-state index in [0.29, 0.717) is 59.3 Å². The molecule has 0 aromatic heterocycles. The Balaban J connectivity index is 2.40. The topological polar surface area (TPSA) is 66.4 Å².